The summed E-state index contributed by atoms with van der Waals surface area (Å²) < 4.78 is 13.2. The Bertz CT molecular complexity index is 2080. The van der Waals surface area contributed by atoms with Gasteiger partial charge >= 0.3 is 5.97 Å². The van der Waals surface area contributed by atoms with Crippen molar-refractivity contribution in [3.05, 3.63) is 128 Å². The molecule has 5 aromatic rings. The number of hydrogen-bond acceptors (Lipinski definition) is 11. The quantitative estimate of drug-likeness (QED) is 0.0250. The summed E-state index contributed by atoms with van der Waals surface area (Å²) in [4.78, 5) is 25.6. The fraction of sp³-hybridized carbons (Fsp3) is 0.364. The van der Waals surface area contributed by atoms with Crippen LogP contribution in [0, 0.1) is 0 Å². The van der Waals surface area contributed by atoms with Crippen LogP contribution >= 0.6 is 22.7 Å². The largest absolute Gasteiger partial charge is 0.871 e. The van der Waals surface area contributed by atoms with Crippen LogP contribution in [-0.4, -0.2) is 84.2 Å². The fourth-order valence-corrected chi connectivity index (χ4v) is 10.5. The lowest BCUT2D eigenvalue weighted by Gasteiger charge is -2.48. The average molecular weight is 809 g/mol. The van der Waals surface area contributed by atoms with E-state index in [1.54, 1.807) is 18.2 Å². The molecule has 0 aliphatic carbocycles. The molecule has 8 rings (SSSR count). The molecule has 3 fully saturated rings. The van der Waals surface area contributed by atoms with Crippen LogP contribution in [-0.2, 0) is 37.5 Å². The number of aliphatic hydroxyl groups is 2. The summed E-state index contributed by atoms with van der Waals surface area (Å²) in [5.41, 5.74) is 3.41. The standard InChI is InChI=1S/C44H48N4O7S2/c1-48(35-24-33(25-36(48)42-41(35)55-42)54-43(52)44(53,39-6-3-21-56-39)40-7-4-22-57-40)20-2-5-28-8-13-31(14-9-28)47-32-15-10-29(11-16-32)18-19-45-26-38(51)30-12-17-37(50)34(23-30)46-27-49/h3-4,6-17,21-23,27,33,35-36,38,41-42,45,47,51,53H,2,5,18-20,24-26H2,1H3,(H-,46,49,50)/t33?,35?,36?,38-,41?,42?,48?/m0/s1. The van der Waals surface area contributed by atoms with Gasteiger partial charge in [-0.05, 0) is 89.3 Å². The lowest BCUT2D eigenvalue weighted by Crippen LogP contribution is -2.63. The van der Waals surface area contributed by atoms with Gasteiger partial charge in [0.15, 0.2) is 0 Å². The number of amides is 1. The van der Waals surface area contributed by atoms with Crippen molar-refractivity contribution >= 4 is 52.1 Å². The highest BCUT2D eigenvalue weighted by molar-refractivity contribution is 7.12. The first-order valence-electron chi connectivity index (χ1n) is 19.5. The zero-order valence-electron chi connectivity index (χ0n) is 31.7. The molecule has 1 amide bonds. The lowest BCUT2D eigenvalue weighted by molar-refractivity contribution is -0.956. The predicted molar refractivity (Wildman–Crippen MR) is 220 cm³/mol. The molecule has 3 saturated heterocycles. The second kappa shape index (κ2) is 16.7. The summed E-state index contributed by atoms with van der Waals surface area (Å²) in [5.74, 6) is -0.890. The van der Waals surface area contributed by atoms with E-state index in [0.29, 0.717) is 34.8 Å². The zero-order chi connectivity index (χ0) is 39.6. The third-order valence-electron chi connectivity index (χ3n) is 12.0. The third kappa shape index (κ3) is 8.24. The van der Waals surface area contributed by atoms with E-state index in [0.717, 1.165) is 54.5 Å². The van der Waals surface area contributed by atoms with E-state index in [9.17, 15) is 24.9 Å². The summed E-state index contributed by atoms with van der Waals surface area (Å²) >= 11 is 2.72. The SMILES string of the molecule is C[N+]1(CCCc2ccc(Nc3ccc(CCNC[C@H](O)c4ccc([O-])c(NC=O)c4)cc3)cc2)C2CC(OC(=O)C(O)(c3cccs3)c3cccs3)CC1C1OC12. The summed E-state index contributed by atoms with van der Waals surface area (Å²) in [6.45, 7) is 2.02. The summed E-state index contributed by atoms with van der Waals surface area (Å²) in [6.07, 6.45) is 4.10. The Kier molecular flexibility index (Phi) is 11.5. The molecule has 4 unspecified atom stereocenters. The Morgan fingerprint density at radius 2 is 1.56 bits per heavy atom. The minimum atomic E-state index is -1.79. The molecule has 5 atom stereocenters. The second-order valence-electron chi connectivity index (χ2n) is 15.5. The number of esters is 1. The van der Waals surface area contributed by atoms with E-state index in [1.165, 1.54) is 45.9 Å². The van der Waals surface area contributed by atoms with Crippen molar-refractivity contribution < 1.29 is 38.9 Å². The number of anilines is 3. The Morgan fingerprint density at radius 1 is 0.947 bits per heavy atom. The molecular formula is C44H48N4O7S2. The first kappa shape index (κ1) is 39.2. The molecule has 0 radical (unpaired) electrons. The number of benzene rings is 3. The van der Waals surface area contributed by atoms with Gasteiger partial charge in [-0.25, -0.2) is 4.79 Å². The molecule has 13 heteroatoms. The Balaban J connectivity index is 0.778. The Morgan fingerprint density at radius 3 is 2.14 bits per heavy atom. The van der Waals surface area contributed by atoms with Crippen LogP contribution in [0.1, 0.15) is 51.8 Å². The van der Waals surface area contributed by atoms with Crippen molar-refractivity contribution in [2.75, 3.05) is 37.3 Å². The van der Waals surface area contributed by atoms with Crippen molar-refractivity contribution in [1.29, 1.82) is 0 Å². The van der Waals surface area contributed by atoms with Gasteiger partial charge in [0.1, 0.15) is 30.4 Å². The minimum absolute atomic E-state index is 0.152. The number of fused-ring (bicyclic) bond motifs is 5. The molecule has 3 aliphatic heterocycles. The van der Waals surface area contributed by atoms with Crippen LogP contribution in [0.4, 0.5) is 17.1 Å². The number of rotatable bonds is 18. The topological polar surface area (TPSA) is 156 Å². The number of carbonyl (C=O) groups excluding carboxylic acids is 2. The number of likely N-dealkylation sites (N-methyl/N-ethyl adjacent to an activating group) is 1. The first-order chi connectivity index (χ1) is 27.7. The van der Waals surface area contributed by atoms with E-state index in [1.807, 2.05) is 22.9 Å². The van der Waals surface area contributed by atoms with Gasteiger partial charge in [-0.2, -0.15) is 0 Å². The van der Waals surface area contributed by atoms with Gasteiger partial charge in [0.05, 0.1) is 29.5 Å². The highest BCUT2D eigenvalue weighted by atomic mass is 32.1. The Hall–Kier alpha value is -4.60. The van der Waals surface area contributed by atoms with E-state index in [2.05, 4.69) is 71.5 Å². The van der Waals surface area contributed by atoms with Gasteiger partial charge in [-0.3, -0.25) is 4.79 Å². The number of quaternary nitrogens is 1. The number of aliphatic hydroxyl groups excluding tert-OH is 1. The van der Waals surface area contributed by atoms with Crippen LogP contribution < -0.4 is 21.1 Å². The van der Waals surface area contributed by atoms with Gasteiger partial charge in [0, 0.05) is 42.9 Å². The van der Waals surface area contributed by atoms with Crippen molar-refractivity contribution in [3.63, 3.8) is 0 Å². The molecule has 57 heavy (non-hydrogen) atoms. The van der Waals surface area contributed by atoms with Crippen LogP contribution in [0.3, 0.4) is 0 Å². The van der Waals surface area contributed by atoms with E-state index in [-0.39, 0.29) is 41.8 Å². The van der Waals surface area contributed by atoms with Crippen LogP contribution in [0.25, 0.3) is 0 Å². The lowest BCUT2D eigenvalue weighted by atomic mass is 9.93. The second-order valence-corrected chi connectivity index (χ2v) is 17.4. The van der Waals surface area contributed by atoms with E-state index < -0.39 is 17.7 Å². The van der Waals surface area contributed by atoms with Gasteiger partial charge < -0.3 is 45.2 Å². The number of morpholine rings is 1. The molecular weight excluding hydrogens is 761 g/mol. The Labute approximate surface area is 340 Å². The van der Waals surface area contributed by atoms with Gasteiger partial charge in [0.2, 0.25) is 12.0 Å². The average Bonchev–Trinajstić information content (AvgIpc) is 3.50. The highest BCUT2D eigenvalue weighted by Gasteiger charge is 2.72. The maximum Gasteiger partial charge on any atom is 0.349 e. The molecule has 5 heterocycles. The minimum Gasteiger partial charge on any atom is -0.871 e. The van der Waals surface area contributed by atoms with Crippen molar-refractivity contribution in [1.82, 2.24) is 5.32 Å². The monoisotopic (exact) mass is 808 g/mol. The smallest absolute Gasteiger partial charge is 0.349 e. The van der Waals surface area contributed by atoms with Crippen LogP contribution in [0.15, 0.2) is 102 Å². The summed E-state index contributed by atoms with van der Waals surface area (Å²) in [6, 6.07) is 29.2. The highest BCUT2D eigenvalue weighted by Crippen LogP contribution is 2.53. The molecule has 3 aromatic carbocycles. The number of aryl methyl sites for hydroxylation is 1. The number of hydrogen-bond donors (Lipinski definition) is 5. The number of epoxide rings is 1. The predicted octanol–water partition coefficient (Wildman–Crippen LogP) is 5.60. The molecule has 0 saturated carbocycles. The van der Waals surface area contributed by atoms with Crippen molar-refractivity contribution in [2.45, 2.75) is 74.2 Å². The maximum absolute atomic E-state index is 13.7. The van der Waals surface area contributed by atoms with E-state index >= 15 is 0 Å². The van der Waals surface area contributed by atoms with Gasteiger partial charge in [0.25, 0.3) is 0 Å². The molecule has 5 N–H and O–H groups in total. The molecule has 11 nitrogen and oxygen atoms in total. The normalized spacial score (nSPS) is 24.0. The summed E-state index contributed by atoms with van der Waals surface area (Å²) in [7, 11) is 2.35. The molecule has 2 aromatic heterocycles. The van der Waals surface area contributed by atoms with E-state index in [4.69, 9.17) is 9.47 Å². The number of piperidine rings is 1. The zero-order valence-corrected chi connectivity index (χ0v) is 33.3. The molecule has 2 bridgehead atoms. The van der Waals surface area contributed by atoms with Crippen molar-refractivity contribution in [2.24, 2.45) is 0 Å². The number of nitrogens with one attached hydrogen (secondary N) is 3. The molecule has 0 spiro atoms. The number of ether oxygens (including phenoxy) is 2. The van der Waals surface area contributed by atoms with Crippen molar-refractivity contribution in [3.8, 4) is 5.75 Å². The van der Waals surface area contributed by atoms with Gasteiger partial charge in [-0.15, -0.1) is 22.7 Å². The number of thiophene rings is 2. The fourth-order valence-electron chi connectivity index (χ4n) is 8.83. The first-order valence-corrected chi connectivity index (χ1v) is 21.3. The van der Waals surface area contributed by atoms with Gasteiger partial charge in [-0.1, -0.05) is 54.3 Å². The molecule has 3 aliphatic rings. The maximum atomic E-state index is 13.7. The molecule has 298 valence electrons. The van der Waals surface area contributed by atoms with Crippen LogP contribution in [0.5, 0.6) is 5.75 Å². The summed E-state index contributed by atoms with van der Waals surface area (Å²) in [5, 5.41) is 46.9. The number of carbonyl (C=O) groups is 2. The number of nitrogens with zero attached hydrogens (tertiary/aromatic N) is 1. The third-order valence-corrected chi connectivity index (χ3v) is 14.0. The van der Waals surface area contributed by atoms with Crippen LogP contribution in [0.2, 0.25) is 0 Å².